The summed E-state index contributed by atoms with van der Waals surface area (Å²) in [5.74, 6) is 0.152. The number of esters is 1. The lowest BCUT2D eigenvalue weighted by Gasteiger charge is -2.28. The third kappa shape index (κ3) is 7.95. The van der Waals surface area contributed by atoms with E-state index in [-0.39, 0.29) is 11.8 Å². The van der Waals surface area contributed by atoms with Crippen LogP contribution >= 0.6 is 0 Å². The van der Waals surface area contributed by atoms with Gasteiger partial charge in [-0.05, 0) is 62.3 Å². The standard InChI is InChI=1S/C23H37N3O4/c1-29-23(28)20(26-22(27)21(25)18-10-4-2-5-11-18)16-17-9-8-12-19(15-17)30-14-7-3-6-13-24/h8-9,12,15,18,20-21H,2-7,10-11,13-14,16,24-25H2,1H3,(H,26,27)/t20-,21-/m0/s1. The highest BCUT2D eigenvalue weighted by molar-refractivity contribution is 5.87. The van der Waals surface area contributed by atoms with E-state index in [4.69, 9.17) is 20.9 Å². The van der Waals surface area contributed by atoms with Gasteiger partial charge in [0.2, 0.25) is 5.91 Å². The van der Waals surface area contributed by atoms with Gasteiger partial charge in [-0.25, -0.2) is 4.79 Å². The molecule has 0 radical (unpaired) electrons. The number of hydrogen-bond donors (Lipinski definition) is 3. The first kappa shape index (κ1) is 24.2. The third-order valence-electron chi connectivity index (χ3n) is 5.72. The Hall–Kier alpha value is -2.12. The monoisotopic (exact) mass is 419 g/mol. The number of carbonyl (C=O) groups is 2. The van der Waals surface area contributed by atoms with Crippen molar-refractivity contribution in [1.29, 1.82) is 0 Å². The van der Waals surface area contributed by atoms with Gasteiger partial charge in [0.15, 0.2) is 0 Å². The molecular weight excluding hydrogens is 382 g/mol. The predicted molar refractivity (Wildman–Crippen MR) is 117 cm³/mol. The van der Waals surface area contributed by atoms with E-state index in [0.29, 0.717) is 19.6 Å². The molecule has 1 aromatic rings. The molecule has 30 heavy (non-hydrogen) atoms. The van der Waals surface area contributed by atoms with Crippen LogP contribution in [0.4, 0.5) is 0 Å². The Morgan fingerprint density at radius 1 is 1.17 bits per heavy atom. The summed E-state index contributed by atoms with van der Waals surface area (Å²) in [4.78, 5) is 25.0. The van der Waals surface area contributed by atoms with E-state index in [9.17, 15) is 9.59 Å². The lowest BCUT2D eigenvalue weighted by Crippen LogP contribution is -2.52. The van der Waals surface area contributed by atoms with Gasteiger partial charge in [-0.2, -0.15) is 0 Å². The molecule has 7 nitrogen and oxygen atoms in total. The smallest absolute Gasteiger partial charge is 0.328 e. The molecule has 2 rings (SSSR count). The third-order valence-corrected chi connectivity index (χ3v) is 5.72. The maximum absolute atomic E-state index is 12.7. The highest BCUT2D eigenvalue weighted by Gasteiger charge is 2.30. The van der Waals surface area contributed by atoms with Crippen LogP contribution in [0.5, 0.6) is 5.75 Å². The molecular formula is C23H37N3O4. The molecule has 0 heterocycles. The summed E-state index contributed by atoms with van der Waals surface area (Å²) in [5.41, 5.74) is 12.6. The fourth-order valence-electron chi connectivity index (χ4n) is 3.92. The molecule has 1 saturated carbocycles. The van der Waals surface area contributed by atoms with Crippen LogP contribution in [0.25, 0.3) is 0 Å². The number of methoxy groups -OCH3 is 1. The van der Waals surface area contributed by atoms with Crippen molar-refractivity contribution in [1.82, 2.24) is 5.32 Å². The second-order valence-corrected chi connectivity index (χ2v) is 8.06. The van der Waals surface area contributed by atoms with Crippen LogP contribution in [0.3, 0.4) is 0 Å². The number of ether oxygens (including phenoxy) is 2. The van der Waals surface area contributed by atoms with Gasteiger partial charge >= 0.3 is 5.97 Å². The van der Waals surface area contributed by atoms with Gasteiger partial charge in [0.1, 0.15) is 11.8 Å². The number of amides is 1. The summed E-state index contributed by atoms with van der Waals surface area (Å²) < 4.78 is 10.7. The second kappa shape index (κ2) is 13.2. The van der Waals surface area contributed by atoms with Gasteiger partial charge in [-0.15, -0.1) is 0 Å². The topological polar surface area (TPSA) is 117 Å². The normalized spacial score (nSPS) is 16.5. The van der Waals surface area contributed by atoms with E-state index in [0.717, 1.165) is 56.3 Å². The Morgan fingerprint density at radius 3 is 2.63 bits per heavy atom. The van der Waals surface area contributed by atoms with Gasteiger partial charge in [-0.1, -0.05) is 31.4 Å². The Labute approximate surface area is 179 Å². The Morgan fingerprint density at radius 2 is 1.93 bits per heavy atom. The van der Waals surface area contributed by atoms with E-state index >= 15 is 0 Å². The summed E-state index contributed by atoms with van der Waals surface area (Å²) in [7, 11) is 1.32. The van der Waals surface area contributed by atoms with E-state index in [2.05, 4.69) is 5.32 Å². The van der Waals surface area contributed by atoms with E-state index in [1.54, 1.807) is 0 Å². The van der Waals surface area contributed by atoms with Gasteiger partial charge in [0, 0.05) is 6.42 Å². The van der Waals surface area contributed by atoms with Gasteiger partial charge in [0.05, 0.1) is 19.8 Å². The van der Waals surface area contributed by atoms with Crippen molar-refractivity contribution in [3.8, 4) is 5.75 Å². The van der Waals surface area contributed by atoms with Crippen LogP contribution in [0.2, 0.25) is 0 Å². The fourth-order valence-corrected chi connectivity index (χ4v) is 3.92. The molecule has 2 atom stereocenters. The summed E-state index contributed by atoms with van der Waals surface area (Å²) in [6, 6.07) is 6.19. The highest BCUT2D eigenvalue weighted by atomic mass is 16.5. The van der Waals surface area contributed by atoms with E-state index < -0.39 is 18.1 Å². The van der Waals surface area contributed by atoms with Crippen molar-refractivity contribution in [2.75, 3.05) is 20.3 Å². The number of nitrogens with two attached hydrogens (primary N) is 2. The zero-order valence-electron chi connectivity index (χ0n) is 18.1. The van der Waals surface area contributed by atoms with Crippen molar-refractivity contribution in [2.45, 2.75) is 69.9 Å². The molecule has 1 aromatic carbocycles. The highest BCUT2D eigenvalue weighted by Crippen LogP contribution is 2.26. The minimum absolute atomic E-state index is 0.174. The van der Waals surface area contributed by atoms with Crippen LogP contribution in [0.15, 0.2) is 24.3 Å². The summed E-state index contributed by atoms with van der Waals surface area (Å²) in [6.45, 7) is 1.32. The Bertz CT molecular complexity index is 662. The maximum Gasteiger partial charge on any atom is 0.328 e. The maximum atomic E-state index is 12.7. The van der Waals surface area contributed by atoms with Crippen molar-refractivity contribution >= 4 is 11.9 Å². The first-order chi connectivity index (χ1) is 14.5. The van der Waals surface area contributed by atoms with Gasteiger partial charge in [-0.3, -0.25) is 4.79 Å². The molecule has 7 heteroatoms. The molecule has 0 unspecified atom stereocenters. The SMILES string of the molecule is COC(=O)[C@H](Cc1cccc(OCCCCCN)c1)NC(=O)[C@@H](N)C1CCCCC1. The Kier molecular flexibility index (Phi) is 10.7. The fraction of sp³-hybridized carbons (Fsp3) is 0.652. The number of hydrogen-bond acceptors (Lipinski definition) is 6. The molecule has 1 amide bonds. The minimum atomic E-state index is -0.781. The molecule has 1 fully saturated rings. The average molecular weight is 420 g/mol. The first-order valence-corrected chi connectivity index (χ1v) is 11.1. The van der Waals surface area contributed by atoms with Crippen LogP contribution in [-0.4, -0.2) is 44.2 Å². The second-order valence-electron chi connectivity index (χ2n) is 8.06. The zero-order valence-corrected chi connectivity index (χ0v) is 18.1. The lowest BCUT2D eigenvalue weighted by atomic mass is 9.84. The van der Waals surface area contributed by atoms with Crippen LogP contribution < -0.4 is 21.5 Å². The number of unbranched alkanes of at least 4 members (excludes halogenated alkanes) is 2. The van der Waals surface area contributed by atoms with E-state index in [1.807, 2.05) is 24.3 Å². The number of nitrogens with one attached hydrogen (secondary N) is 1. The van der Waals surface area contributed by atoms with Crippen LogP contribution in [0, 0.1) is 5.92 Å². The molecule has 5 N–H and O–H groups in total. The minimum Gasteiger partial charge on any atom is -0.494 e. The van der Waals surface area contributed by atoms with Crippen molar-refractivity contribution in [3.05, 3.63) is 29.8 Å². The van der Waals surface area contributed by atoms with Gasteiger partial charge in [0.25, 0.3) is 0 Å². The summed E-state index contributed by atoms with van der Waals surface area (Å²) in [5, 5.41) is 2.81. The zero-order chi connectivity index (χ0) is 21.8. The van der Waals surface area contributed by atoms with Crippen molar-refractivity contribution < 1.29 is 19.1 Å². The number of benzene rings is 1. The lowest BCUT2D eigenvalue weighted by molar-refractivity contribution is -0.145. The number of rotatable bonds is 12. The average Bonchev–Trinajstić information content (AvgIpc) is 2.78. The molecule has 0 aliphatic heterocycles. The quantitative estimate of drug-likeness (QED) is 0.354. The molecule has 0 spiro atoms. The van der Waals surface area contributed by atoms with Crippen molar-refractivity contribution in [3.63, 3.8) is 0 Å². The van der Waals surface area contributed by atoms with Crippen LogP contribution in [0.1, 0.15) is 56.9 Å². The van der Waals surface area contributed by atoms with Crippen molar-refractivity contribution in [2.24, 2.45) is 17.4 Å². The summed E-state index contributed by atoms with van der Waals surface area (Å²) >= 11 is 0. The predicted octanol–water partition coefficient (Wildman–Crippen LogP) is 2.30. The Balaban J connectivity index is 1.94. The molecule has 1 aliphatic rings. The van der Waals surface area contributed by atoms with Crippen LogP contribution in [-0.2, 0) is 20.7 Å². The van der Waals surface area contributed by atoms with E-state index in [1.165, 1.54) is 13.5 Å². The molecule has 0 bridgehead atoms. The largest absolute Gasteiger partial charge is 0.494 e. The first-order valence-electron chi connectivity index (χ1n) is 11.1. The number of carbonyl (C=O) groups excluding carboxylic acids is 2. The molecule has 0 saturated heterocycles. The molecule has 1 aliphatic carbocycles. The van der Waals surface area contributed by atoms with Gasteiger partial charge < -0.3 is 26.3 Å². The molecule has 168 valence electrons. The summed E-state index contributed by atoms with van der Waals surface area (Å²) in [6.07, 6.45) is 8.61. The molecule has 0 aromatic heterocycles.